The molecule has 1 atom stereocenters. The van der Waals surface area contributed by atoms with E-state index in [0.717, 1.165) is 53.4 Å². The van der Waals surface area contributed by atoms with Gasteiger partial charge in [0, 0.05) is 24.9 Å². The molecule has 2 fully saturated rings. The van der Waals surface area contributed by atoms with Crippen LogP contribution in [0.4, 0.5) is 0 Å². The molecule has 2 aromatic carbocycles. The number of benzene rings is 2. The van der Waals surface area contributed by atoms with E-state index in [2.05, 4.69) is 23.6 Å². The van der Waals surface area contributed by atoms with Crippen molar-refractivity contribution in [2.45, 2.75) is 74.2 Å². The maximum absolute atomic E-state index is 13.4. The molecular formula is C27H35N3O3S2. The van der Waals surface area contributed by atoms with Gasteiger partial charge in [0.05, 0.1) is 22.5 Å². The van der Waals surface area contributed by atoms with Crippen LogP contribution in [-0.4, -0.2) is 42.0 Å². The molecule has 3 aromatic rings. The van der Waals surface area contributed by atoms with Crippen LogP contribution in [0.15, 0.2) is 52.5 Å². The topological polar surface area (TPSA) is 64.4 Å². The monoisotopic (exact) mass is 513 g/mol. The summed E-state index contributed by atoms with van der Waals surface area (Å²) in [6.07, 6.45) is 6.76. The van der Waals surface area contributed by atoms with Crippen molar-refractivity contribution in [2.75, 3.05) is 19.7 Å². The minimum absolute atomic E-state index is 0.359. The van der Waals surface area contributed by atoms with Crippen molar-refractivity contribution in [3.05, 3.63) is 48.0 Å². The van der Waals surface area contributed by atoms with Gasteiger partial charge in [0.15, 0.2) is 5.16 Å². The zero-order valence-corrected chi connectivity index (χ0v) is 22.3. The highest BCUT2D eigenvalue weighted by molar-refractivity contribution is 7.98. The van der Waals surface area contributed by atoms with Gasteiger partial charge in [0.25, 0.3) is 0 Å². The van der Waals surface area contributed by atoms with Crippen molar-refractivity contribution >= 4 is 32.8 Å². The van der Waals surface area contributed by atoms with Crippen molar-refractivity contribution < 1.29 is 13.2 Å². The molecule has 0 amide bonds. The summed E-state index contributed by atoms with van der Waals surface area (Å²) in [6, 6.07) is 14.2. The normalized spacial score (nSPS) is 20.0. The van der Waals surface area contributed by atoms with Crippen molar-refractivity contribution in [3.63, 3.8) is 0 Å². The van der Waals surface area contributed by atoms with Gasteiger partial charge in [0.1, 0.15) is 5.75 Å². The number of nitrogens with zero attached hydrogens (tertiary/aromatic N) is 3. The molecule has 1 aliphatic carbocycles. The van der Waals surface area contributed by atoms with Crippen LogP contribution in [-0.2, 0) is 15.8 Å². The van der Waals surface area contributed by atoms with E-state index >= 15 is 0 Å². The zero-order valence-electron chi connectivity index (χ0n) is 20.7. The predicted molar refractivity (Wildman–Crippen MR) is 142 cm³/mol. The summed E-state index contributed by atoms with van der Waals surface area (Å²) in [7, 11) is -3.51. The average Bonchev–Trinajstić information content (AvgIpc) is 3.51. The first kappa shape index (κ1) is 24.7. The molecule has 35 heavy (non-hydrogen) atoms. The Balaban J connectivity index is 1.44. The lowest BCUT2D eigenvalue weighted by Gasteiger charge is -2.30. The number of ether oxygens (including phenoxy) is 1. The molecule has 0 spiro atoms. The van der Waals surface area contributed by atoms with E-state index in [1.54, 1.807) is 28.2 Å². The molecular weight excluding hydrogens is 478 g/mol. The minimum atomic E-state index is -3.51. The number of imidazole rings is 1. The van der Waals surface area contributed by atoms with Crippen molar-refractivity contribution in [2.24, 2.45) is 5.92 Å². The molecule has 1 aliphatic heterocycles. The van der Waals surface area contributed by atoms with Crippen LogP contribution in [0.25, 0.3) is 11.0 Å². The number of thioether (sulfide) groups is 1. The van der Waals surface area contributed by atoms with E-state index in [9.17, 15) is 8.42 Å². The largest absolute Gasteiger partial charge is 0.494 e. The Morgan fingerprint density at radius 2 is 1.83 bits per heavy atom. The summed E-state index contributed by atoms with van der Waals surface area (Å²) in [5, 5.41) is 0.974. The Morgan fingerprint density at radius 1 is 1.06 bits per heavy atom. The van der Waals surface area contributed by atoms with Crippen molar-refractivity contribution in [1.82, 2.24) is 13.9 Å². The lowest BCUT2D eigenvalue weighted by atomic mass is 10.0. The number of fused-ring (bicyclic) bond motifs is 1. The predicted octanol–water partition coefficient (Wildman–Crippen LogP) is 6.26. The Morgan fingerprint density at radius 3 is 2.54 bits per heavy atom. The van der Waals surface area contributed by atoms with Gasteiger partial charge in [-0.1, -0.05) is 43.7 Å². The van der Waals surface area contributed by atoms with Crippen molar-refractivity contribution in [3.8, 4) is 5.75 Å². The van der Waals surface area contributed by atoms with Gasteiger partial charge in [-0.25, -0.2) is 13.4 Å². The number of hydrogen-bond donors (Lipinski definition) is 0. The van der Waals surface area contributed by atoms with Crippen LogP contribution in [0.2, 0.25) is 0 Å². The van der Waals surface area contributed by atoms with Crippen LogP contribution in [0.3, 0.4) is 0 Å². The van der Waals surface area contributed by atoms with Gasteiger partial charge in [0.2, 0.25) is 10.0 Å². The fraction of sp³-hybridized carbons (Fsp3) is 0.519. The summed E-state index contributed by atoms with van der Waals surface area (Å²) in [6.45, 7) is 5.97. The Hall–Kier alpha value is -2.03. The molecule has 1 saturated heterocycles. The second kappa shape index (κ2) is 10.5. The first-order valence-corrected chi connectivity index (χ1v) is 15.2. The van der Waals surface area contributed by atoms with Crippen molar-refractivity contribution in [1.29, 1.82) is 0 Å². The molecule has 0 N–H and O–H groups in total. The maximum atomic E-state index is 13.4. The molecule has 6 nitrogen and oxygen atoms in total. The molecule has 0 bridgehead atoms. The second-order valence-corrected chi connectivity index (χ2v) is 12.7. The van der Waals surface area contributed by atoms with E-state index in [4.69, 9.17) is 9.72 Å². The van der Waals surface area contributed by atoms with E-state index in [0.29, 0.717) is 36.6 Å². The lowest BCUT2D eigenvalue weighted by Crippen LogP contribution is -2.39. The smallest absolute Gasteiger partial charge is 0.243 e. The third-order valence-corrected chi connectivity index (χ3v) is 10.1. The second-order valence-electron chi connectivity index (χ2n) is 9.83. The quantitative estimate of drug-likeness (QED) is 0.333. The highest BCUT2D eigenvalue weighted by Crippen LogP contribution is 2.38. The van der Waals surface area contributed by atoms with E-state index in [1.165, 1.54) is 18.4 Å². The third kappa shape index (κ3) is 5.25. The average molecular weight is 514 g/mol. The van der Waals surface area contributed by atoms with Crippen LogP contribution >= 0.6 is 11.8 Å². The molecule has 2 aliphatic rings. The molecule has 2 heterocycles. The van der Waals surface area contributed by atoms with Crippen LogP contribution in [0, 0.1) is 5.92 Å². The van der Waals surface area contributed by atoms with Crippen LogP contribution < -0.4 is 4.74 Å². The lowest BCUT2D eigenvalue weighted by molar-refractivity contribution is 0.281. The molecule has 0 radical (unpaired) electrons. The van der Waals surface area contributed by atoms with Gasteiger partial charge < -0.3 is 9.30 Å². The standard InChI is InChI=1S/C27H35N3O3S2/c1-3-33-23-12-10-21(11-13-23)19-34-27-28-25-17-24(35(31,32)29-16-6-7-20(2)18-29)14-15-26(25)30(27)22-8-4-5-9-22/h10-15,17,20,22H,3-9,16,18-19H2,1-2H3. The fourth-order valence-corrected chi connectivity index (χ4v) is 8.00. The first-order valence-electron chi connectivity index (χ1n) is 12.8. The molecule has 1 unspecified atom stereocenters. The highest BCUT2D eigenvalue weighted by Gasteiger charge is 2.30. The minimum Gasteiger partial charge on any atom is -0.494 e. The number of piperidine rings is 1. The molecule has 1 aromatic heterocycles. The van der Waals surface area contributed by atoms with E-state index in [1.807, 2.05) is 25.1 Å². The highest BCUT2D eigenvalue weighted by atomic mass is 32.2. The van der Waals surface area contributed by atoms with Gasteiger partial charge in [-0.05, 0) is 74.4 Å². The number of sulfonamides is 1. The Kier molecular flexibility index (Phi) is 7.42. The molecule has 5 rings (SSSR count). The van der Waals surface area contributed by atoms with E-state index < -0.39 is 10.0 Å². The fourth-order valence-electron chi connectivity index (χ4n) is 5.34. The van der Waals surface area contributed by atoms with Gasteiger partial charge in [-0.2, -0.15) is 4.31 Å². The van der Waals surface area contributed by atoms with Crippen LogP contribution in [0.1, 0.15) is 64.0 Å². The van der Waals surface area contributed by atoms with Crippen LogP contribution in [0.5, 0.6) is 5.75 Å². The van der Waals surface area contributed by atoms with Gasteiger partial charge in [-0.3, -0.25) is 0 Å². The Bertz CT molecular complexity index is 1260. The summed E-state index contributed by atoms with van der Waals surface area (Å²) in [5.74, 6) is 2.09. The maximum Gasteiger partial charge on any atom is 0.243 e. The summed E-state index contributed by atoms with van der Waals surface area (Å²) in [5.41, 5.74) is 3.03. The third-order valence-electron chi connectivity index (χ3n) is 7.18. The van der Waals surface area contributed by atoms with Gasteiger partial charge in [-0.15, -0.1) is 0 Å². The molecule has 188 valence electrons. The Labute approximate surface area is 213 Å². The molecule has 1 saturated carbocycles. The number of hydrogen-bond acceptors (Lipinski definition) is 5. The molecule has 8 heteroatoms. The number of aromatic nitrogens is 2. The van der Waals surface area contributed by atoms with Gasteiger partial charge >= 0.3 is 0 Å². The number of rotatable bonds is 8. The zero-order chi connectivity index (χ0) is 24.4. The summed E-state index contributed by atoms with van der Waals surface area (Å²) in [4.78, 5) is 5.33. The SMILES string of the molecule is CCOc1ccc(CSc2nc3cc(S(=O)(=O)N4CCCC(C)C4)ccc3n2C2CCCC2)cc1. The summed E-state index contributed by atoms with van der Waals surface area (Å²) >= 11 is 1.72. The summed E-state index contributed by atoms with van der Waals surface area (Å²) < 4.78 is 36.3. The van der Waals surface area contributed by atoms with E-state index in [-0.39, 0.29) is 0 Å². The first-order chi connectivity index (χ1) is 17.0.